The standard InChI is InChI=1S/C17H18N2O2S/c1-3-21-11-10-19-15-9-8-13-6-4-5-7-14(13)16(15)22-17(19)18-12(2)20/h4-9H,3,10-11H2,1-2H3. The van der Waals surface area contributed by atoms with E-state index in [-0.39, 0.29) is 5.91 Å². The fourth-order valence-corrected chi connectivity index (χ4v) is 3.77. The Kier molecular flexibility index (Phi) is 4.36. The summed E-state index contributed by atoms with van der Waals surface area (Å²) < 4.78 is 8.69. The van der Waals surface area contributed by atoms with Crippen molar-refractivity contribution in [2.75, 3.05) is 13.2 Å². The predicted octanol–water partition coefficient (Wildman–Crippen LogP) is 3.34. The summed E-state index contributed by atoms with van der Waals surface area (Å²) >= 11 is 1.56. The van der Waals surface area contributed by atoms with E-state index in [1.807, 2.05) is 19.1 Å². The number of aromatic nitrogens is 1. The maximum absolute atomic E-state index is 11.4. The Balaban J connectivity index is 2.25. The average Bonchev–Trinajstić information content (AvgIpc) is 2.85. The Hall–Kier alpha value is -1.98. The maximum Gasteiger partial charge on any atom is 0.245 e. The number of hydrogen-bond acceptors (Lipinski definition) is 3. The van der Waals surface area contributed by atoms with Crippen LogP contribution in [0.3, 0.4) is 0 Å². The van der Waals surface area contributed by atoms with Crippen LogP contribution in [0.5, 0.6) is 0 Å². The zero-order chi connectivity index (χ0) is 15.5. The molecule has 0 saturated carbocycles. The van der Waals surface area contributed by atoms with E-state index < -0.39 is 0 Å². The number of nitrogens with zero attached hydrogens (tertiary/aromatic N) is 2. The Morgan fingerprint density at radius 2 is 2.09 bits per heavy atom. The largest absolute Gasteiger partial charge is 0.380 e. The first-order chi connectivity index (χ1) is 10.7. The fourth-order valence-electron chi connectivity index (χ4n) is 2.53. The number of carbonyl (C=O) groups is 1. The number of thiazole rings is 1. The molecule has 3 aromatic rings. The number of ether oxygens (including phenoxy) is 1. The number of carbonyl (C=O) groups excluding carboxylic acids is 1. The molecule has 22 heavy (non-hydrogen) atoms. The van der Waals surface area contributed by atoms with Crippen molar-refractivity contribution in [3.05, 3.63) is 41.2 Å². The Morgan fingerprint density at radius 3 is 2.86 bits per heavy atom. The van der Waals surface area contributed by atoms with Crippen LogP contribution in [-0.2, 0) is 16.1 Å². The first-order valence-corrected chi connectivity index (χ1v) is 8.16. The highest BCUT2D eigenvalue weighted by molar-refractivity contribution is 7.17. The lowest BCUT2D eigenvalue weighted by atomic mass is 10.1. The summed E-state index contributed by atoms with van der Waals surface area (Å²) in [5, 5.41) is 2.39. The van der Waals surface area contributed by atoms with Crippen LogP contribution >= 0.6 is 11.3 Å². The second-order valence-corrected chi connectivity index (χ2v) is 5.98. The van der Waals surface area contributed by atoms with Crippen LogP contribution in [0, 0.1) is 0 Å². The molecule has 0 radical (unpaired) electrons. The first kappa shape index (κ1) is 14.9. The maximum atomic E-state index is 11.4. The first-order valence-electron chi connectivity index (χ1n) is 7.35. The van der Waals surface area contributed by atoms with Gasteiger partial charge in [-0.25, -0.2) is 0 Å². The van der Waals surface area contributed by atoms with Gasteiger partial charge in [0, 0.05) is 25.5 Å². The number of fused-ring (bicyclic) bond motifs is 3. The molecule has 0 atom stereocenters. The third kappa shape index (κ3) is 2.82. The Morgan fingerprint density at radius 1 is 1.27 bits per heavy atom. The normalized spacial score (nSPS) is 12.4. The average molecular weight is 314 g/mol. The summed E-state index contributed by atoms with van der Waals surface area (Å²) in [7, 11) is 0. The molecule has 0 aliphatic heterocycles. The van der Waals surface area contributed by atoms with Gasteiger partial charge in [0.15, 0.2) is 4.80 Å². The van der Waals surface area contributed by atoms with Crippen molar-refractivity contribution in [2.24, 2.45) is 4.99 Å². The van der Waals surface area contributed by atoms with Crippen molar-refractivity contribution in [1.82, 2.24) is 4.57 Å². The van der Waals surface area contributed by atoms with E-state index in [4.69, 9.17) is 4.74 Å². The number of rotatable bonds is 4. The molecule has 0 N–H and O–H groups in total. The van der Waals surface area contributed by atoms with Gasteiger partial charge in [-0.15, -0.1) is 0 Å². The van der Waals surface area contributed by atoms with Crippen LogP contribution in [0.15, 0.2) is 41.4 Å². The van der Waals surface area contributed by atoms with Gasteiger partial charge in [-0.05, 0) is 18.4 Å². The second-order valence-electron chi connectivity index (χ2n) is 5.00. The van der Waals surface area contributed by atoms with Crippen LogP contribution in [0.2, 0.25) is 0 Å². The van der Waals surface area contributed by atoms with Crippen molar-refractivity contribution >= 4 is 38.2 Å². The molecule has 1 heterocycles. The number of benzene rings is 2. The smallest absolute Gasteiger partial charge is 0.245 e. The van der Waals surface area contributed by atoms with Crippen molar-refractivity contribution in [3.63, 3.8) is 0 Å². The Bertz CT molecular complexity index is 892. The highest BCUT2D eigenvalue weighted by atomic mass is 32.1. The van der Waals surface area contributed by atoms with Gasteiger partial charge >= 0.3 is 0 Å². The van der Waals surface area contributed by atoms with Crippen LogP contribution < -0.4 is 4.80 Å². The molecule has 0 aliphatic rings. The molecule has 3 rings (SSSR count). The van der Waals surface area contributed by atoms with E-state index >= 15 is 0 Å². The highest BCUT2D eigenvalue weighted by Gasteiger charge is 2.09. The molecule has 0 aliphatic carbocycles. The van der Waals surface area contributed by atoms with Crippen LogP contribution in [-0.4, -0.2) is 23.7 Å². The van der Waals surface area contributed by atoms with Gasteiger partial charge in [0.1, 0.15) is 0 Å². The minimum absolute atomic E-state index is 0.180. The van der Waals surface area contributed by atoms with E-state index in [0.717, 1.165) is 15.0 Å². The molecule has 0 fully saturated rings. The van der Waals surface area contributed by atoms with Gasteiger partial charge in [-0.3, -0.25) is 4.79 Å². The molecule has 4 nitrogen and oxygen atoms in total. The zero-order valence-corrected chi connectivity index (χ0v) is 13.5. The SMILES string of the molecule is CCOCCn1c(=NC(C)=O)sc2c3ccccc3ccc21. The molecule has 0 unspecified atom stereocenters. The van der Waals surface area contributed by atoms with E-state index in [1.165, 1.54) is 17.7 Å². The third-order valence-corrected chi connectivity index (χ3v) is 4.62. The monoisotopic (exact) mass is 314 g/mol. The summed E-state index contributed by atoms with van der Waals surface area (Å²) in [4.78, 5) is 16.3. The van der Waals surface area contributed by atoms with Crippen LogP contribution in [0.25, 0.3) is 21.0 Å². The van der Waals surface area contributed by atoms with Gasteiger partial charge in [-0.2, -0.15) is 4.99 Å². The lowest BCUT2D eigenvalue weighted by Gasteiger charge is -2.06. The van der Waals surface area contributed by atoms with Gasteiger partial charge in [-0.1, -0.05) is 41.7 Å². The molecule has 114 valence electrons. The van der Waals surface area contributed by atoms with Crippen molar-refractivity contribution in [2.45, 2.75) is 20.4 Å². The summed E-state index contributed by atoms with van der Waals surface area (Å²) in [6, 6.07) is 12.5. The van der Waals surface area contributed by atoms with Gasteiger partial charge in [0.25, 0.3) is 0 Å². The molecule has 1 amide bonds. The minimum Gasteiger partial charge on any atom is -0.380 e. The van der Waals surface area contributed by atoms with E-state index in [2.05, 4.69) is 33.8 Å². The summed E-state index contributed by atoms with van der Waals surface area (Å²) in [5.74, 6) is -0.180. The number of hydrogen-bond donors (Lipinski definition) is 0. The third-order valence-electron chi connectivity index (χ3n) is 3.49. The molecule has 2 aromatic carbocycles. The second kappa shape index (κ2) is 6.42. The Labute approximate surface area is 132 Å². The molecular formula is C17H18N2O2S. The van der Waals surface area contributed by atoms with Crippen molar-refractivity contribution in [3.8, 4) is 0 Å². The molecular weight excluding hydrogens is 296 g/mol. The lowest BCUT2D eigenvalue weighted by Crippen LogP contribution is -2.19. The quantitative estimate of drug-likeness (QED) is 0.693. The zero-order valence-electron chi connectivity index (χ0n) is 12.7. The van der Waals surface area contributed by atoms with Gasteiger partial charge in [0.05, 0.1) is 16.8 Å². The number of amides is 1. The van der Waals surface area contributed by atoms with E-state index in [0.29, 0.717) is 19.8 Å². The minimum atomic E-state index is -0.180. The highest BCUT2D eigenvalue weighted by Crippen LogP contribution is 2.27. The van der Waals surface area contributed by atoms with Gasteiger partial charge < -0.3 is 9.30 Å². The lowest BCUT2D eigenvalue weighted by molar-refractivity contribution is -0.116. The van der Waals surface area contributed by atoms with Crippen LogP contribution in [0.4, 0.5) is 0 Å². The predicted molar refractivity (Wildman–Crippen MR) is 90.1 cm³/mol. The molecule has 0 bridgehead atoms. The van der Waals surface area contributed by atoms with E-state index in [1.54, 1.807) is 11.3 Å². The molecule has 0 spiro atoms. The molecule has 5 heteroatoms. The topological polar surface area (TPSA) is 43.6 Å². The summed E-state index contributed by atoms with van der Waals surface area (Å²) in [6.45, 7) is 5.45. The van der Waals surface area contributed by atoms with Crippen molar-refractivity contribution in [1.29, 1.82) is 0 Å². The molecule has 1 aromatic heterocycles. The van der Waals surface area contributed by atoms with Crippen LogP contribution in [0.1, 0.15) is 13.8 Å². The summed E-state index contributed by atoms with van der Waals surface area (Å²) in [5.41, 5.74) is 1.10. The van der Waals surface area contributed by atoms with E-state index in [9.17, 15) is 4.79 Å². The fraction of sp³-hybridized carbons (Fsp3) is 0.294. The molecule has 0 saturated heterocycles. The van der Waals surface area contributed by atoms with Crippen molar-refractivity contribution < 1.29 is 9.53 Å². The van der Waals surface area contributed by atoms with Gasteiger partial charge in [0.2, 0.25) is 5.91 Å². The summed E-state index contributed by atoms with van der Waals surface area (Å²) in [6.07, 6.45) is 0.